The molecule has 2 aromatic rings. The highest BCUT2D eigenvalue weighted by Crippen LogP contribution is 2.14. The summed E-state index contributed by atoms with van der Waals surface area (Å²) in [6.07, 6.45) is 0.197. The van der Waals surface area contributed by atoms with Crippen LogP contribution in [0.4, 0.5) is 5.82 Å². The quantitative estimate of drug-likeness (QED) is 0.836. The maximum atomic E-state index is 11.8. The number of aryl methyl sites for hydroxylation is 2. The number of alkyl halides is 1. The molecule has 2 aromatic heterocycles. The van der Waals surface area contributed by atoms with Crippen molar-refractivity contribution in [2.75, 3.05) is 11.2 Å². The van der Waals surface area contributed by atoms with Crippen molar-refractivity contribution in [2.45, 2.75) is 27.2 Å². The van der Waals surface area contributed by atoms with Crippen molar-refractivity contribution in [3.63, 3.8) is 0 Å². The maximum Gasteiger partial charge on any atom is 0.255 e. The minimum Gasteiger partial charge on any atom is -0.310 e. The van der Waals surface area contributed by atoms with Gasteiger partial charge in [0, 0.05) is 29.6 Å². The second-order valence-corrected chi connectivity index (χ2v) is 5.05. The lowest BCUT2D eigenvalue weighted by Crippen LogP contribution is -2.20. The number of nitrogens with zero attached hydrogens (tertiary/aromatic N) is 3. The minimum atomic E-state index is -0.233. The van der Waals surface area contributed by atoms with Gasteiger partial charge in [-0.3, -0.25) is 14.6 Å². The number of hydrogen-bond acceptors (Lipinski definition) is 4. The third kappa shape index (κ3) is 3.30. The molecule has 112 valence electrons. The fourth-order valence-electron chi connectivity index (χ4n) is 1.77. The molecule has 8 heteroatoms. The fraction of sp³-hybridized carbons (Fsp3) is 0.385. The van der Waals surface area contributed by atoms with Crippen molar-refractivity contribution >= 4 is 23.3 Å². The summed E-state index contributed by atoms with van der Waals surface area (Å²) < 4.78 is 1.40. The van der Waals surface area contributed by atoms with Crippen molar-refractivity contribution in [3.05, 3.63) is 33.4 Å². The zero-order valence-corrected chi connectivity index (χ0v) is 12.8. The van der Waals surface area contributed by atoms with Gasteiger partial charge in [-0.25, -0.2) is 4.98 Å². The Morgan fingerprint density at radius 1 is 1.43 bits per heavy atom. The molecule has 2 rings (SSSR count). The van der Waals surface area contributed by atoms with Crippen LogP contribution in [0.1, 0.15) is 23.4 Å². The van der Waals surface area contributed by atoms with Crippen LogP contribution in [0.3, 0.4) is 0 Å². The number of anilines is 1. The molecule has 0 atom stereocenters. The number of aromatic nitrogens is 4. The highest BCUT2D eigenvalue weighted by atomic mass is 35.5. The topological polar surface area (TPSA) is 92.7 Å². The van der Waals surface area contributed by atoms with Crippen molar-refractivity contribution < 1.29 is 4.79 Å². The van der Waals surface area contributed by atoms with Crippen LogP contribution >= 0.6 is 11.6 Å². The summed E-state index contributed by atoms with van der Waals surface area (Å²) in [7, 11) is 0. The Kier molecular flexibility index (Phi) is 4.42. The highest BCUT2D eigenvalue weighted by Gasteiger charge is 2.13. The molecule has 7 nitrogen and oxygen atoms in total. The molecule has 0 fully saturated rings. The standard InChI is InChI=1S/C13H16ClN5O2/c1-7-6-10(16-11(20)4-5-14)19(18-7)13-15-9(3)8(2)12(21)17-13/h6H,4-5H2,1-3H3,(H,16,20)(H,15,17,21). The third-order valence-electron chi connectivity index (χ3n) is 3.00. The van der Waals surface area contributed by atoms with E-state index in [0.717, 1.165) is 0 Å². The van der Waals surface area contributed by atoms with Crippen LogP contribution in [0.2, 0.25) is 0 Å². The van der Waals surface area contributed by atoms with E-state index in [0.29, 0.717) is 22.8 Å². The molecule has 0 bridgehead atoms. The number of carbonyl (C=O) groups is 1. The first kappa shape index (κ1) is 15.2. The number of H-pyrrole nitrogens is 1. The normalized spacial score (nSPS) is 10.7. The molecule has 0 aliphatic heterocycles. The molecule has 0 aliphatic rings. The summed E-state index contributed by atoms with van der Waals surface area (Å²) in [6.45, 7) is 5.23. The molecule has 0 saturated carbocycles. The Hall–Kier alpha value is -2.15. The van der Waals surface area contributed by atoms with E-state index in [4.69, 9.17) is 11.6 Å². The molecule has 2 N–H and O–H groups in total. The number of nitrogens with one attached hydrogen (secondary N) is 2. The SMILES string of the molecule is Cc1cc(NC(=O)CCCl)n(-c2nc(C)c(C)c(=O)[nH]2)n1. The number of amides is 1. The minimum absolute atomic E-state index is 0.197. The Morgan fingerprint density at radius 3 is 2.76 bits per heavy atom. The number of rotatable bonds is 4. The Labute approximate surface area is 126 Å². The lowest BCUT2D eigenvalue weighted by molar-refractivity contribution is -0.115. The van der Waals surface area contributed by atoms with E-state index in [9.17, 15) is 9.59 Å². The molecular formula is C13H16ClN5O2. The summed E-state index contributed by atoms with van der Waals surface area (Å²) in [5.41, 5.74) is 1.62. The van der Waals surface area contributed by atoms with E-state index in [2.05, 4.69) is 20.4 Å². The zero-order chi connectivity index (χ0) is 15.6. The van der Waals surface area contributed by atoms with Crippen LogP contribution in [-0.4, -0.2) is 31.5 Å². The Balaban J connectivity index is 2.45. The molecule has 0 aromatic carbocycles. The molecule has 1 amide bonds. The van der Waals surface area contributed by atoms with Crippen LogP contribution in [0, 0.1) is 20.8 Å². The van der Waals surface area contributed by atoms with Gasteiger partial charge in [0.2, 0.25) is 11.9 Å². The van der Waals surface area contributed by atoms with Gasteiger partial charge in [0.25, 0.3) is 5.56 Å². The fourth-order valence-corrected chi connectivity index (χ4v) is 1.94. The zero-order valence-electron chi connectivity index (χ0n) is 12.0. The summed E-state index contributed by atoms with van der Waals surface area (Å²) in [6, 6.07) is 1.70. The molecule has 0 spiro atoms. The van der Waals surface area contributed by atoms with Crippen LogP contribution in [0.25, 0.3) is 5.95 Å². The van der Waals surface area contributed by atoms with E-state index in [1.807, 2.05) is 0 Å². The average Bonchev–Trinajstić information content (AvgIpc) is 2.76. The van der Waals surface area contributed by atoms with Gasteiger partial charge in [-0.15, -0.1) is 11.6 Å². The summed E-state index contributed by atoms with van der Waals surface area (Å²) in [4.78, 5) is 30.4. The molecule has 0 radical (unpaired) electrons. The van der Waals surface area contributed by atoms with Crippen LogP contribution in [-0.2, 0) is 4.79 Å². The second kappa shape index (κ2) is 6.09. The first-order valence-corrected chi connectivity index (χ1v) is 6.96. The highest BCUT2D eigenvalue weighted by molar-refractivity contribution is 6.19. The van der Waals surface area contributed by atoms with Crippen molar-refractivity contribution in [3.8, 4) is 5.95 Å². The largest absolute Gasteiger partial charge is 0.310 e. The smallest absolute Gasteiger partial charge is 0.255 e. The van der Waals surface area contributed by atoms with Gasteiger partial charge in [-0.1, -0.05) is 0 Å². The Bertz CT molecular complexity index is 735. The van der Waals surface area contributed by atoms with Gasteiger partial charge >= 0.3 is 0 Å². The van der Waals surface area contributed by atoms with Gasteiger partial charge < -0.3 is 5.32 Å². The van der Waals surface area contributed by atoms with Crippen molar-refractivity contribution in [2.24, 2.45) is 0 Å². The predicted molar refractivity (Wildman–Crippen MR) is 80.2 cm³/mol. The first-order chi connectivity index (χ1) is 9.92. The van der Waals surface area contributed by atoms with E-state index >= 15 is 0 Å². The van der Waals surface area contributed by atoms with Crippen LogP contribution < -0.4 is 10.9 Å². The number of hydrogen-bond donors (Lipinski definition) is 2. The second-order valence-electron chi connectivity index (χ2n) is 4.67. The van der Waals surface area contributed by atoms with Gasteiger partial charge in [0.15, 0.2) is 0 Å². The maximum absolute atomic E-state index is 11.8. The van der Waals surface area contributed by atoms with E-state index in [1.165, 1.54) is 4.68 Å². The van der Waals surface area contributed by atoms with Gasteiger partial charge in [0.05, 0.1) is 5.69 Å². The van der Waals surface area contributed by atoms with Crippen molar-refractivity contribution in [1.29, 1.82) is 0 Å². The van der Waals surface area contributed by atoms with Gasteiger partial charge in [0.1, 0.15) is 5.82 Å². The molecule has 2 heterocycles. The van der Waals surface area contributed by atoms with E-state index in [1.54, 1.807) is 26.8 Å². The first-order valence-electron chi connectivity index (χ1n) is 6.42. The molecule has 21 heavy (non-hydrogen) atoms. The number of aromatic amines is 1. The molecule has 0 saturated heterocycles. The van der Waals surface area contributed by atoms with E-state index < -0.39 is 0 Å². The summed E-state index contributed by atoms with van der Waals surface area (Å²) >= 11 is 5.54. The van der Waals surface area contributed by atoms with Crippen molar-refractivity contribution in [1.82, 2.24) is 19.7 Å². The molecular weight excluding hydrogens is 294 g/mol. The van der Waals surface area contributed by atoms with Crippen LogP contribution in [0.15, 0.2) is 10.9 Å². The number of carbonyl (C=O) groups excluding carboxylic acids is 1. The van der Waals surface area contributed by atoms with Gasteiger partial charge in [-0.2, -0.15) is 9.78 Å². The van der Waals surface area contributed by atoms with Crippen LogP contribution in [0.5, 0.6) is 0 Å². The van der Waals surface area contributed by atoms with E-state index in [-0.39, 0.29) is 29.7 Å². The predicted octanol–water partition coefficient (Wildman–Crippen LogP) is 1.45. The monoisotopic (exact) mass is 309 g/mol. The number of halogens is 1. The molecule has 0 unspecified atom stereocenters. The lowest BCUT2D eigenvalue weighted by atomic mass is 10.3. The Morgan fingerprint density at radius 2 is 2.14 bits per heavy atom. The summed E-state index contributed by atoms with van der Waals surface area (Å²) in [5, 5.41) is 6.94. The lowest BCUT2D eigenvalue weighted by Gasteiger charge is -2.08. The van der Waals surface area contributed by atoms with Gasteiger partial charge in [-0.05, 0) is 20.8 Å². The third-order valence-corrected chi connectivity index (χ3v) is 3.19. The summed E-state index contributed by atoms with van der Waals surface area (Å²) in [5.74, 6) is 0.709. The molecule has 0 aliphatic carbocycles. The average molecular weight is 310 g/mol.